The molecule has 1 spiro atoms. The maximum absolute atomic E-state index is 14.0. The number of piperidine rings is 1. The number of pyridine rings is 1. The largest absolute Gasteiger partial charge is 0.419 e. The fourth-order valence-electron chi connectivity index (χ4n) is 5.86. The molecule has 0 aliphatic carbocycles. The van der Waals surface area contributed by atoms with Crippen molar-refractivity contribution in [2.75, 3.05) is 24.5 Å². The number of hydrogen-bond acceptors (Lipinski definition) is 5. The van der Waals surface area contributed by atoms with Gasteiger partial charge >= 0.3 is 6.18 Å². The third-order valence-corrected chi connectivity index (χ3v) is 8.00. The fraction of sp³-hybridized carbons (Fsp3) is 0.267. The van der Waals surface area contributed by atoms with E-state index in [4.69, 9.17) is 0 Å². The van der Waals surface area contributed by atoms with Crippen LogP contribution in [-0.4, -0.2) is 56.5 Å². The number of benzene rings is 2. The van der Waals surface area contributed by atoms with E-state index in [-0.39, 0.29) is 36.1 Å². The van der Waals surface area contributed by atoms with Crippen molar-refractivity contribution in [3.05, 3.63) is 95.9 Å². The first-order chi connectivity index (χ1) is 20.1. The first kappa shape index (κ1) is 27.6. The lowest BCUT2D eigenvalue weighted by Crippen LogP contribution is -2.56. The van der Waals surface area contributed by atoms with Crippen LogP contribution in [0.4, 0.5) is 27.6 Å². The number of carbonyl (C=O) groups is 2. The second-order valence-electron chi connectivity index (χ2n) is 10.4. The van der Waals surface area contributed by atoms with Crippen molar-refractivity contribution in [3.63, 3.8) is 0 Å². The topological polar surface area (TPSA) is 71.3 Å². The molecule has 216 valence electrons. The van der Waals surface area contributed by atoms with Crippen molar-refractivity contribution >= 4 is 17.4 Å². The lowest BCUT2D eigenvalue weighted by molar-refractivity contribution is -0.140. The predicted molar refractivity (Wildman–Crippen MR) is 143 cm³/mol. The highest BCUT2D eigenvalue weighted by Gasteiger charge is 2.50. The number of carbonyl (C=O) groups excluding carboxylic acids is 2. The number of alkyl halides is 3. The minimum Gasteiger partial charge on any atom is -0.358 e. The van der Waals surface area contributed by atoms with E-state index in [1.54, 1.807) is 29.2 Å². The van der Waals surface area contributed by atoms with Gasteiger partial charge in [0.05, 0.1) is 16.9 Å². The minimum atomic E-state index is -4.93. The highest BCUT2D eigenvalue weighted by molar-refractivity contribution is 5.97. The van der Waals surface area contributed by atoms with Crippen molar-refractivity contribution in [2.24, 2.45) is 0 Å². The Hall–Kier alpha value is -4.61. The maximum Gasteiger partial charge on any atom is 0.419 e. The summed E-state index contributed by atoms with van der Waals surface area (Å²) in [5.74, 6) is -2.18. The quantitative estimate of drug-likeness (QED) is 0.290. The van der Waals surface area contributed by atoms with E-state index in [0.29, 0.717) is 49.2 Å². The third kappa shape index (κ3) is 4.80. The first-order valence-electron chi connectivity index (χ1n) is 13.3. The van der Waals surface area contributed by atoms with Crippen LogP contribution in [0.3, 0.4) is 0 Å². The molecule has 0 radical (unpaired) electrons. The molecule has 6 rings (SSSR count). The van der Waals surface area contributed by atoms with Gasteiger partial charge in [-0.15, -0.1) is 0 Å². The Balaban J connectivity index is 1.30. The molecule has 2 aliphatic heterocycles. The summed E-state index contributed by atoms with van der Waals surface area (Å²) in [6.07, 6.45) is -0.850. The Morgan fingerprint density at radius 3 is 2.29 bits per heavy atom. The normalized spacial score (nSPS) is 16.8. The average Bonchev–Trinajstić information content (AvgIpc) is 3.56. The van der Waals surface area contributed by atoms with Crippen LogP contribution in [0.15, 0.2) is 73.1 Å². The number of Topliss-reactive ketones (excluding diaryl/α,β-unsaturated/α-hetero) is 1. The molecule has 2 aromatic heterocycles. The monoisotopic (exact) mass is 581 g/mol. The van der Waals surface area contributed by atoms with Gasteiger partial charge in [0.25, 0.3) is 5.91 Å². The first-order valence-corrected chi connectivity index (χ1v) is 13.3. The van der Waals surface area contributed by atoms with E-state index in [0.717, 1.165) is 11.8 Å². The Morgan fingerprint density at radius 2 is 1.62 bits per heavy atom. The van der Waals surface area contributed by atoms with Crippen molar-refractivity contribution < 1.29 is 31.5 Å². The molecule has 1 amide bonds. The van der Waals surface area contributed by atoms with Crippen LogP contribution in [0.1, 0.15) is 35.3 Å². The zero-order chi connectivity index (χ0) is 29.6. The zero-order valence-electron chi connectivity index (χ0n) is 22.1. The van der Waals surface area contributed by atoms with Gasteiger partial charge < -0.3 is 9.80 Å². The van der Waals surface area contributed by atoms with Crippen LogP contribution in [0.5, 0.6) is 0 Å². The molecule has 0 atom stereocenters. The molecule has 0 saturated carbocycles. The van der Waals surface area contributed by atoms with Crippen molar-refractivity contribution in [3.8, 4) is 16.9 Å². The van der Waals surface area contributed by atoms with E-state index < -0.39 is 29.0 Å². The van der Waals surface area contributed by atoms with Gasteiger partial charge in [-0.1, -0.05) is 0 Å². The molecule has 2 aromatic carbocycles. The molecular weight excluding hydrogens is 557 g/mol. The van der Waals surface area contributed by atoms with Crippen molar-refractivity contribution in [2.45, 2.75) is 31.0 Å². The zero-order valence-corrected chi connectivity index (χ0v) is 22.1. The number of anilines is 1. The van der Waals surface area contributed by atoms with Gasteiger partial charge in [0.15, 0.2) is 11.5 Å². The Kier molecular flexibility index (Phi) is 6.78. The highest BCUT2D eigenvalue weighted by atomic mass is 19.4. The molecule has 0 N–H and O–H groups in total. The van der Waals surface area contributed by atoms with E-state index in [2.05, 4.69) is 10.1 Å². The Morgan fingerprint density at radius 1 is 0.905 bits per heavy atom. The van der Waals surface area contributed by atoms with Crippen LogP contribution in [0.25, 0.3) is 16.9 Å². The molecule has 0 unspecified atom stereocenters. The van der Waals surface area contributed by atoms with Gasteiger partial charge in [-0.3, -0.25) is 14.6 Å². The van der Waals surface area contributed by atoms with E-state index in [9.17, 15) is 31.5 Å². The standard InChI is InChI=1S/C30H24F5N5O2/c31-20-3-5-21(6-4-20)39-13-9-27(41)29(39)10-14-38(15-11-29)28(42)25-17-26(19-2-1-12-36-18-19)40(37-25)22-7-8-24(32)23(16-22)30(33,34)35/h1-8,12,16-18H,9-11,13-15H2. The number of likely N-dealkylation sites (tertiary alicyclic amines) is 1. The lowest BCUT2D eigenvalue weighted by atomic mass is 9.83. The van der Waals surface area contributed by atoms with Gasteiger partial charge in [-0.25, -0.2) is 13.5 Å². The molecule has 2 saturated heterocycles. The van der Waals surface area contributed by atoms with E-state index >= 15 is 0 Å². The van der Waals surface area contributed by atoms with E-state index in [1.165, 1.54) is 35.3 Å². The lowest BCUT2D eigenvalue weighted by Gasteiger charge is -2.44. The van der Waals surface area contributed by atoms with Crippen LogP contribution in [0.2, 0.25) is 0 Å². The number of nitrogens with zero attached hydrogens (tertiary/aromatic N) is 5. The smallest absolute Gasteiger partial charge is 0.358 e. The van der Waals surface area contributed by atoms with Crippen LogP contribution >= 0.6 is 0 Å². The van der Waals surface area contributed by atoms with Crippen molar-refractivity contribution in [1.82, 2.24) is 19.7 Å². The number of ketones is 1. The van der Waals surface area contributed by atoms with Crippen LogP contribution < -0.4 is 4.90 Å². The predicted octanol–water partition coefficient (Wildman–Crippen LogP) is 5.69. The summed E-state index contributed by atoms with van der Waals surface area (Å²) in [5, 5.41) is 4.35. The summed E-state index contributed by atoms with van der Waals surface area (Å²) in [6.45, 7) is 0.979. The molecular formula is C30H24F5N5O2. The average molecular weight is 582 g/mol. The molecule has 12 heteroatoms. The third-order valence-electron chi connectivity index (χ3n) is 8.00. The van der Waals surface area contributed by atoms with Gasteiger partial charge in [-0.2, -0.15) is 18.3 Å². The number of rotatable bonds is 4. The number of amides is 1. The summed E-state index contributed by atoms with van der Waals surface area (Å²) in [6, 6.07) is 13.3. The van der Waals surface area contributed by atoms with Gasteiger partial charge in [0.2, 0.25) is 0 Å². The van der Waals surface area contributed by atoms with E-state index in [1.807, 2.05) is 4.90 Å². The summed E-state index contributed by atoms with van der Waals surface area (Å²) < 4.78 is 69.1. The molecule has 0 bridgehead atoms. The summed E-state index contributed by atoms with van der Waals surface area (Å²) >= 11 is 0. The second-order valence-corrected chi connectivity index (χ2v) is 10.4. The molecule has 2 aliphatic rings. The Labute approximate surface area is 237 Å². The summed E-state index contributed by atoms with van der Waals surface area (Å²) in [7, 11) is 0. The Bertz CT molecular complexity index is 1650. The van der Waals surface area contributed by atoms with Crippen molar-refractivity contribution in [1.29, 1.82) is 0 Å². The van der Waals surface area contributed by atoms with Gasteiger partial charge in [-0.05, 0) is 73.5 Å². The fourth-order valence-corrected chi connectivity index (χ4v) is 5.86. The number of aromatic nitrogens is 3. The molecule has 4 heterocycles. The van der Waals surface area contributed by atoms with Crippen LogP contribution in [0, 0.1) is 11.6 Å². The SMILES string of the molecule is O=C(c1cc(-c2cccnc2)n(-c2ccc(F)c(C(F)(F)F)c2)n1)N1CCC2(CC1)C(=O)CCN2c1ccc(F)cc1. The van der Waals surface area contributed by atoms with Gasteiger partial charge in [0.1, 0.15) is 17.2 Å². The molecule has 7 nitrogen and oxygen atoms in total. The summed E-state index contributed by atoms with van der Waals surface area (Å²) in [4.78, 5) is 34.3. The second kappa shape index (κ2) is 10.3. The van der Waals surface area contributed by atoms with Gasteiger partial charge in [0, 0.05) is 49.7 Å². The molecule has 42 heavy (non-hydrogen) atoms. The highest BCUT2D eigenvalue weighted by Crippen LogP contribution is 2.40. The number of hydrogen-bond donors (Lipinski definition) is 0. The van der Waals surface area contributed by atoms with Crippen LogP contribution in [-0.2, 0) is 11.0 Å². The molecule has 2 fully saturated rings. The number of halogens is 5. The minimum absolute atomic E-state index is 0.0178. The maximum atomic E-state index is 14.0. The molecule has 4 aromatic rings. The summed E-state index contributed by atoms with van der Waals surface area (Å²) in [5.41, 5.74) is -0.828.